The number of fused-ring (bicyclic) bond motifs is 1. The molecule has 0 aliphatic heterocycles. The van der Waals surface area contributed by atoms with Gasteiger partial charge in [0.05, 0.1) is 24.5 Å². The second-order valence-corrected chi connectivity index (χ2v) is 5.64. The summed E-state index contributed by atoms with van der Waals surface area (Å²) >= 11 is 0. The minimum atomic E-state index is -4.76. The molecular formula is C17H17F3N4O2. The molecule has 2 heterocycles. The Hall–Kier alpha value is -2.81. The number of benzene rings is 1. The number of nitrogens with zero attached hydrogens (tertiary/aromatic N) is 3. The number of halogens is 3. The van der Waals surface area contributed by atoms with Crippen LogP contribution in [-0.4, -0.2) is 38.7 Å². The van der Waals surface area contributed by atoms with E-state index >= 15 is 0 Å². The average molecular weight is 366 g/mol. The molecule has 6 nitrogen and oxygen atoms in total. The van der Waals surface area contributed by atoms with E-state index in [1.54, 1.807) is 18.2 Å². The van der Waals surface area contributed by atoms with Gasteiger partial charge in [-0.15, -0.1) is 18.3 Å². The van der Waals surface area contributed by atoms with Crippen molar-refractivity contribution in [1.82, 2.24) is 14.6 Å². The van der Waals surface area contributed by atoms with Crippen molar-refractivity contribution < 1.29 is 23.0 Å². The minimum Gasteiger partial charge on any atom is -0.406 e. The molecule has 1 unspecified atom stereocenters. The molecule has 26 heavy (non-hydrogen) atoms. The lowest BCUT2D eigenvalue weighted by Crippen LogP contribution is -2.23. The molecular weight excluding hydrogens is 349 g/mol. The van der Waals surface area contributed by atoms with Gasteiger partial charge >= 0.3 is 6.36 Å². The number of aromatic nitrogens is 3. The summed E-state index contributed by atoms with van der Waals surface area (Å²) in [4.78, 5) is 4.22. The van der Waals surface area contributed by atoms with E-state index in [1.807, 2.05) is 6.92 Å². The molecule has 2 N–H and O–H groups in total. The average Bonchev–Trinajstić information content (AvgIpc) is 3.01. The van der Waals surface area contributed by atoms with E-state index in [2.05, 4.69) is 20.1 Å². The van der Waals surface area contributed by atoms with E-state index in [0.717, 1.165) is 0 Å². The summed E-state index contributed by atoms with van der Waals surface area (Å²) in [7, 11) is 0. The molecule has 0 saturated heterocycles. The SMILES string of the molecule is CCC(CO)Nc1ccc2ncc(-c3cccc(OC(F)(F)F)c3)n2n1. The van der Waals surface area contributed by atoms with Crippen molar-refractivity contribution >= 4 is 11.5 Å². The van der Waals surface area contributed by atoms with Crippen LogP contribution in [0, 0.1) is 0 Å². The summed E-state index contributed by atoms with van der Waals surface area (Å²) < 4.78 is 42.8. The van der Waals surface area contributed by atoms with Crippen LogP contribution in [0.25, 0.3) is 16.9 Å². The highest BCUT2D eigenvalue weighted by molar-refractivity contribution is 5.65. The fraction of sp³-hybridized carbons (Fsp3) is 0.294. The predicted molar refractivity (Wildman–Crippen MR) is 89.9 cm³/mol. The van der Waals surface area contributed by atoms with Crippen molar-refractivity contribution in [1.29, 1.82) is 0 Å². The van der Waals surface area contributed by atoms with Crippen LogP contribution in [0.1, 0.15) is 13.3 Å². The summed E-state index contributed by atoms with van der Waals surface area (Å²) in [5.41, 5.74) is 1.55. The standard InChI is InChI=1S/C17H17F3N4O2/c1-2-12(10-25)22-15-6-7-16-21-9-14(24(16)23-15)11-4-3-5-13(8-11)26-17(18,19)20/h3-9,12,25H,2,10H2,1H3,(H,22,23). The highest BCUT2D eigenvalue weighted by Gasteiger charge is 2.31. The molecule has 0 bridgehead atoms. The highest BCUT2D eigenvalue weighted by atomic mass is 19.4. The van der Waals surface area contributed by atoms with E-state index < -0.39 is 6.36 Å². The van der Waals surface area contributed by atoms with Gasteiger partial charge in [-0.25, -0.2) is 9.50 Å². The smallest absolute Gasteiger partial charge is 0.406 e. The van der Waals surface area contributed by atoms with Gasteiger partial charge in [0.2, 0.25) is 0 Å². The van der Waals surface area contributed by atoms with E-state index in [9.17, 15) is 18.3 Å². The van der Waals surface area contributed by atoms with Crippen LogP contribution in [0.15, 0.2) is 42.6 Å². The Kier molecular flexibility index (Phi) is 4.99. The minimum absolute atomic E-state index is 0.0379. The van der Waals surface area contributed by atoms with Crippen molar-refractivity contribution in [2.45, 2.75) is 25.7 Å². The number of anilines is 1. The maximum absolute atomic E-state index is 12.4. The van der Waals surface area contributed by atoms with Crippen molar-refractivity contribution in [2.75, 3.05) is 11.9 Å². The normalized spacial score (nSPS) is 13.0. The maximum atomic E-state index is 12.4. The molecule has 0 saturated carbocycles. The molecule has 3 aromatic rings. The van der Waals surface area contributed by atoms with Gasteiger partial charge in [0.1, 0.15) is 11.6 Å². The van der Waals surface area contributed by atoms with Crippen molar-refractivity contribution in [3.8, 4) is 17.0 Å². The van der Waals surface area contributed by atoms with E-state index in [-0.39, 0.29) is 18.4 Å². The third-order valence-corrected chi connectivity index (χ3v) is 3.79. The van der Waals surface area contributed by atoms with Crippen LogP contribution in [0.2, 0.25) is 0 Å². The number of ether oxygens (including phenoxy) is 1. The first-order chi connectivity index (χ1) is 12.4. The van der Waals surface area contributed by atoms with Gasteiger partial charge in [0.15, 0.2) is 5.65 Å². The lowest BCUT2D eigenvalue weighted by Gasteiger charge is -2.14. The number of alkyl halides is 3. The molecule has 0 spiro atoms. The summed E-state index contributed by atoms with van der Waals surface area (Å²) in [6, 6.07) is 8.95. The van der Waals surface area contributed by atoms with Crippen LogP contribution in [0.3, 0.4) is 0 Å². The van der Waals surface area contributed by atoms with E-state index in [1.165, 1.54) is 28.9 Å². The molecule has 0 aliphatic carbocycles. The quantitative estimate of drug-likeness (QED) is 0.699. The van der Waals surface area contributed by atoms with Gasteiger partial charge in [-0.1, -0.05) is 19.1 Å². The predicted octanol–water partition coefficient (Wildman–Crippen LogP) is 3.48. The molecule has 0 fully saturated rings. The van der Waals surface area contributed by atoms with Gasteiger partial charge in [-0.2, -0.15) is 0 Å². The first kappa shape index (κ1) is 18.0. The fourth-order valence-corrected chi connectivity index (χ4v) is 2.49. The van der Waals surface area contributed by atoms with Gasteiger partial charge in [0.25, 0.3) is 0 Å². The van der Waals surface area contributed by atoms with Crippen molar-refractivity contribution in [2.24, 2.45) is 0 Å². The summed E-state index contributed by atoms with van der Waals surface area (Å²) in [5, 5.41) is 16.8. The molecule has 1 atom stereocenters. The number of aliphatic hydroxyl groups is 1. The largest absolute Gasteiger partial charge is 0.573 e. The first-order valence-electron chi connectivity index (χ1n) is 7.98. The van der Waals surface area contributed by atoms with Gasteiger partial charge < -0.3 is 15.2 Å². The number of rotatable bonds is 6. The Morgan fingerprint density at radius 1 is 1.27 bits per heavy atom. The highest BCUT2D eigenvalue weighted by Crippen LogP contribution is 2.28. The molecule has 0 aliphatic rings. The zero-order valence-corrected chi connectivity index (χ0v) is 13.9. The van der Waals surface area contributed by atoms with E-state index in [0.29, 0.717) is 29.1 Å². The van der Waals surface area contributed by atoms with Crippen molar-refractivity contribution in [3.05, 3.63) is 42.6 Å². The first-order valence-corrected chi connectivity index (χ1v) is 7.98. The number of hydrogen-bond donors (Lipinski definition) is 2. The lowest BCUT2D eigenvalue weighted by molar-refractivity contribution is -0.274. The molecule has 9 heteroatoms. The zero-order chi connectivity index (χ0) is 18.7. The molecule has 3 rings (SSSR count). The van der Waals surface area contributed by atoms with Crippen LogP contribution in [-0.2, 0) is 0 Å². The van der Waals surface area contributed by atoms with Gasteiger partial charge in [-0.05, 0) is 30.7 Å². The summed E-state index contributed by atoms with van der Waals surface area (Å²) in [6.07, 6.45) is -2.51. The molecule has 0 amide bonds. The molecule has 138 valence electrons. The topological polar surface area (TPSA) is 71.7 Å². The lowest BCUT2D eigenvalue weighted by atomic mass is 10.1. The Balaban J connectivity index is 1.96. The second-order valence-electron chi connectivity index (χ2n) is 5.64. The molecule has 1 aromatic carbocycles. The fourth-order valence-electron chi connectivity index (χ4n) is 2.49. The third kappa shape index (κ3) is 4.05. The second kappa shape index (κ2) is 7.20. The van der Waals surface area contributed by atoms with Crippen LogP contribution < -0.4 is 10.1 Å². The maximum Gasteiger partial charge on any atom is 0.573 e. The number of aliphatic hydroxyl groups excluding tert-OH is 1. The Labute approximate surface area is 147 Å². The number of imidazole rings is 1. The van der Waals surface area contributed by atoms with Gasteiger partial charge in [-0.3, -0.25) is 0 Å². The van der Waals surface area contributed by atoms with Crippen LogP contribution in [0.4, 0.5) is 19.0 Å². The summed E-state index contributed by atoms with van der Waals surface area (Å²) in [6.45, 7) is 1.89. The van der Waals surface area contributed by atoms with Crippen molar-refractivity contribution in [3.63, 3.8) is 0 Å². The molecule has 2 aromatic heterocycles. The van der Waals surface area contributed by atoms with Crippen LogP contribution >= 0.6 is 0 Å². The Morgan fingerprint density at radius 3 is 2.77 bits per heavy atom. The third-order valence-electron chi connectivity index (χ3n) is 3.79. The molecule has 0 radical (unpaired) electrons. The van der Waals surface area contributed by atoms with E-state index in [4.69, 9.17) is 0 Å². The Bertz CT molecular complexity index is 891. The van der Waals surface area contributed by atoms with Gasteiger partial charge in [0, 0.05) is 5.56 Å². The monoisotopic (exact) mass is 366 g/mol. The van der Waals surface area contributed by atoms with Crippen LogP contribution in [0.5, 0.6) is 5.75 Å². The zero-order valence-electron chi connectivity index (χ0n) is 13.9. The Morgan fingerprint density at radius 2 is 2.08 bits per heavy atom. The summed E-state index contributed by atoms with van der Waals surface area (Å²) in [5.74, 6) is 0.214. The number of nitrogens with one attached hydrogen (secondary N) is 1. The number of hydrogen-bond acceptors (Lipinski definition) is 5.